The Labute approximate surface area is 225 Å². The van der Waals surface area contributed by atoms with Crippen molar-refractivity contribution in [3.63, 3.8) is 0 Å². The number of nitrogens with zero attached hydrogens (tertiary/aromatic N) is 1. The molecule has 34 heavy (non-hydrogen) atoms. The van der Waals surface area contributed by atoms with E-state index in [1.807, 2.05) is 6.92 Å². The van der Waals surface area contributed by atoms with E-state index >= 15 is 0 Å². The van der Waals surface area contributed by atoms with Crippen LogP contribution in [0.15, 0.2) is 36.4 Å². The van der Waals surface area contributed by atoms with Gasteiger partial charge < -0.3 is 10.2 Å². The highest BCUT2D eigenvalue weighted by Gasteiger charge is 2.31. The summed E-state index contributed by atoms with van der Waals surface area (Å²) in [6, 6.07) is 10.1. The Balaban J connectivity index is 1.77. The molecule has 0 aromatic heterocycles. The molecular formula is C25H28Cl4N2O2S. The molecule has 0 radical (unpaired) electrons. The van der Waals surface area contributed by atoms with E-state index in [2.05, 4.69) is 5.32 Å². The molecule has 2 amide bonds. The summed E-state index contributed by atoms with van der Waals surface area (Å²) >= 11 is 26.8. The monoisotopic (exact) mass is 560 g/mol. The highest BCUT2D eigenvalue weighted by molar-refractivity contribution is 7.99. The van der Waals surface area contributed by atoms with E-state index in [0.29, 0.717) is 37.8 Å². The average molecular weight is 562 g/mol. The third-order valence-electron chi connectivity index (χ3n) is 6.01. The second kappa shape index (κ2) is 13.3. The van der Waals surface area contributed by atoms with Gasteiger partial charge in [-0.25, -0.2) is 0 Å². The van der Waals surface area contributed by atoms with Gasteiger partial charge in [-0.3, -0.25) is 9.59 Å². The van der Waals surface area contributed by atoms with E-state index < -0.39 is 6.04 Å². The van der Waals surface area contributed by atoms with Gasteiger partial charge in [-0.2, -0.15) is 0 Å². The highest BCUT2D eigenvalue weighted by atomic mass is 35.5. The van der Waals surface area contributed by atoms with Gasteiger partial charge in [0.25, 0.3) is 0 Å². The van der Waals surface area contributed by atoms with Gasteiger partial charge in [-0.1, -0.05) is 78.3 Å². The molecule has 0 unspecified atom stereocenters. The van der Waals surface area contributed by atoms with Crippen molar-refractivity contribution in [3.8, 4) is 0 Å². The number of benzene rings is 2. The Kier molecular flexibility index (Phi) is 10.7. The maximum atomic E-state index is 13.4. The number of carbonyl (C=O) groups excluding carboxylic acids is 2. The molecule has 1 saturated carbocycles. The first kappa shape index (κ1) is 27.5. The van der Waals surface area contributed by atoms with Crippen LogP contribution < -0.4 is 5.32 Å². The van der Waals surface area contributed by atoms with Crippen LogP contribution in [-0.2, 0) is 21.9 Å². The zero-order valence-electron chi connectivity index (χ0n) is 19.0. The number of amides is 2. The van der Waals surface area contributed by atoms with Gasteiger partial charge in [-0.15, -0.1) is 11.8 Å². The van der Waals surface area contributed by atoms with Crippen molar-refractivity contribution < 1.29 is 9.59 Å². The molecule has 0 aliphatic heterocycles. The van der Waals surface area contributed by atoms with Gasteiger partial charge >= 0.3 is 0 Å². The first-order chi connectivity index (χ1) is 16.3. The van der Waals surface area contributed by atoms with Crippen molar-refractivity contribution in [2.75, 3.05) is 5.75 Å². The minimum Gasteiger partial charge on any atom is -0.352 e. The molecule has 2 aromatic carbocycles. The highest BCUT2D eigenvalue weighted by Crippen LogP contribution is 2.30. The summed E-state index contributed by atoms with van der Waals surface area (Å²) < 4.78 is 0. The second-order valence-electron chi connectivity index (χ2n) is 8.33. The lowest BCUT2D eigenvalue weighted by molar-refractivity contribution is -0.139. The fraction of sp³-hybridized carbons (Fsp3) is 0.440. The van der Waals surface area contributed by atoms with E-state index in [1.165, 1.54) is 11.8 Å². The molecule has 0 spiro atoms. The van der Waals surface area contributed by atoms with Gasteiger partial charge in [0.2, 0.25) is 11.8 Å². The van der Waals surface area contributed by atoms with Crippen molar-refractivity contribution in [2.45, 2.75) is 63.4 Å². The topological polar surface area (TPSA) is 49.4 Å². The number of hydrogen-bond donors (Lipinski definition) is 1. The number of rotatable bonds is 10. The molecule has 0 bridgehead atoms. The van der Waals surface area contributed by atoms with E-state index in [1.54, 1.807) is 41.3 Å². The minimum atomic E-state index is -0.620. The zero-order chi connectivity index (χ0) is 24.7. The number of thioether (sulfide) groups is 1. The van der Waals surface area contributed by atoms with Crippen LogP contribution in [0.5, 0.6) is 0 Å². The predicted molar refractivity (Wildman–Crippen MR) is 144 cm³/mol. The van der Waals surface area contributed by atoms with Gasteiger partial charge in [0, 0.05) is 44.0 Å². The molecule has 1 N–H and O–H groups in total. The molecule has 1 atom stereocenters. The Morgan fingerprint density at radius 2 is 1.50 bits per heavy atom. The lowest BCUT2D eigenvalue weighted by Gasteiger charge is -2.32. The number of hydrogen-bond acceptors (Lipinski definition) is 3. The SMILES string of the molecule is CC[C@@H](C(=O)NC1CCCC1)N(Cc1c(Cl)cccc1Cl)C(=O)CSCc1c(Cl)cccc1Cl. The fourth-order valence-corrected chi connectivity index (χ4v) is 6.30. The molecule has 0 heterocycles. The summed E-state index contributed by atoms with van der Waals surface area (Å²) in [7, 11) is 0. The lowest BCUT2D eigenvalue weighted by atomic mass is 10.1. The normalized spacial score (nSPS) is 14.7. The Hall–Kier alpha value is -1.11. The van der Waals surface area contributed by atoms with E-state index in [4.69, 9.17) is 46.4 Å². The predicted octanol–water partition coefficient (Wildman–Crippen LogP) is 7.40. The number of halogens is 4. The van der Waals surface area contributed by atoms with Crippen LogP contribution in [0.1, 0.15) is 50.2 Å². The van der Waals surface area contributed by atoms with Crippen LogP contribution in [0, 0.1) is 0 Å². The smallest absolute Gasteiger partial charge is 0.243 e. The molecule has 2 aromatic rings. The first-order valence-corrected chi connectivity index (χ1v) is 14.0. The Morgan fingerprint density at radius 3 is 2.03 bits per heavy atom. The summed E-state index contributed by atoms with van der Waals surface area (Å²) in [5.41, 5.74) is 1.42. The van der Waals surface area contributed by atoms with Gasteiger partial charge in [0.1, 0.15) is 6.04 Å². The summed E-state index contributed by atoms with van der Waals surface area (Å²) in [5, 5.41) is 5.19. The molecule has 1 fully saturated rings. The van der Waals surface area contributed by atoms with E-state index in [-0.39, 0.29) is 30.2 Å². The van der Waals surface area contributed by atoms with Crippen molar-refractivity contribution in [3.05, 3.63) is 67.6 Å². The number of nitrogens with one attached hydrogen (secondary N) is 1. The largest absolute Gasteiger partial charge is 0.352 e. The average Bonchev–Trinajstić information content (AvgIpc) is 3.30. The summed E-state index contributed by atoms with van der Waals surface area (Å²) in [4.78, 5) is 28.2. The third-order valence-corrected chi connectivity index (χ3v) is 8.37. The third kappa shape index (κ3) is 7.20. The Bertz CT molecular complexity index is 974. The van der Waals surface area contributed by atoms with Crippen molar-refractivity contribution in [1.82, 2.24) is 10.2 Å². The molecule has 184 valence electrons. The molecule has 3 rings (SSSR count). The summed E-state index contributed by atoms with van der Waals surface area (Å²) in [6.07, 6.45) is 4.65. The van der Waals surface area contributed by atoms with E-state index in [9.17, 15) is 9.59 Å². The van der Waals surface area contributed by atoms with Crippen molar-refractivity contribution in [1.29, 1.82) is 0 Å². The van der Waals surface area contributed by atoms with Crippen LogP contribution >= 0.6 is 58.2 Å². The van der Waals surface area contributed by atoms with Gasteiger partial charge in [-0.05, 0) is 49.1 Å². The minimum absolute atomic E-state index is 0.134. The van der Waals surface area contributed by atoms with Crippen LogP contribution in [0.2, 0.25) is 20.1 Å². The second-order valence-corrected chi connectivity index (χ2v) is 10.9. The summed E-state index contributed by atoms with van der Waals surface area (Å²) in [5.74, 6) is 0.343. The van der Waals surface area contributed by atoms with Crippen LogP contribution in [0.4, 0.5) is 0 Å². The van der Waals surface area contributed by atoms with Crippen molar-refractivity contribution >= 4 is 70.0 Å². The molecular weight excluding hydrogens is 534 g/mol. The van der Waals surface area contributed by atoms with Crippen LogP contribution in [0.3, 0.4) is 0 Å². The maximum absolute atomic E-state index is 13.4. The van der Waals surface area contributed by atoms with Gasteiger partial charge in [0.15, 0.2) is 0 Å². The number of carbonyl (C=O) groups is 2. The maximum Gasteiger partial charge on any atom is 0.243 e. The first-order valence-electron chi connectivity index (χ1n) is 11.3. The Morgan fingerprint density at radius 1 is 0.971 bits per heavy atom. The summed E-state index contributed by atoms with van der Waals surface area (Å²) in [6.45, 7) is 2.06. The lowest BCUT2D eigenvalue weighted by Crippen LogP contribution is -2.51. The van der Waals surface area contributed by atoms with Gasteiger partial charge in [0.05, 0.1) is 5.75 Å². The molecule has 0 saturated heterocycles. The van der Waals surface area contributed by atoms with Crippen LogP contribution in [-0.4, -0.2) is 34.6 Å². The molecule has 1 aliphatic rings. The molecule has 9 heteroatoms. The standard InChI is InChI=1S/C25H28Cl4N2O2S/c1-2-23(25(33)30-16-7-3-4-8-16)31(13-17-19(26)9-5-10-20(17)27)24(32)15-34-14-18-21(28)11-6-12-22(18)29/h5-6,9-12,16,23H,2-4,7-8,13-15H2,1H3,(H,30,33)/t23-/m0/s1. The van der Waals surface area contributed by atoms with Crippen LogP contribution in [0.25, 0.3) is 0 Å². The fourth-order valence-electron chi connectivity index (χ4n) is 4.13. The zero-order valence-corrected chi connectivity index (χ0v) is 22.8. The molecule has 1 aliphatic carbocycles. The van der Waals surface area contributed by atoms with Crippen molar-refractivity contribution in [2.24, 2.45) is 0 Å². The molecule has 4 nitrogen and oxygen atoms in total. The van der Waals surface area contributed by atoms with E-state index in [0.717, 1.165) is 31.2 Å². The quantitative estimate of drug-likeness (QED) is 0.329.